The number of nitrogens with one attached hydrogen (secondary N) is 1. The van der Waals surface area contributed by atoms with Crippen molar-refractivity contribution in [3.05, 3.63) is 46.2 Å². The molecule has 1 N–H and O–H groups in total. The van der Waals surface area contributed by atoms with Crippen LogP contribution < -0.4 is 5.32 Å². The van der Waals surface area contributed by atoms with Gasteiger partial charge in [-0.3, -0.25) is 0 Å². The highest BCUT2D eigenvalue weighted by molar-refractivity contribution is 6.36. The summed E-state index contributed by atoms with van der Waals surface area (Å²) in [4.78, 5) is 0. The first-order valence-electron chi connectivity index (χ1n) is 5.47. The highest BCUT2D eigenvalue weighted by atomic mass is 35.5. The molecule has 1 aromatic rings. The molecule has 0 amide bonds. The van der Waals surface area contributed by atoms with Gasteiger partial charge in [-0.15, -0.1) is 6.58 Å². The molecule has 1 rings (SSSR count). The van der Waals surface area contributed by atoms with Crippen LogP contribution in [0.25, 0.3) is 0 Å². The summed E-state index contributed by atoms with van der Waals surface area (Å²) >= 11 is 12.0. The Morgan fingerprint density at radius 3 is 2.65 bits per heavy atom. The predicted molar refractivity (Wildman–Crippen MR) is 72.2 cm³/mol. The molecule has 0 saturated carbocycles. The second kappa shape index (κ2) is 6.39. The van der Waals surface area contributed by atoms with Gasteiger partial charge in [-0.1, -0.05) is 29.3 Å². The molecule has 0 heterocycles. The smallest absolute Gasteiger partial charge is 0.142 e. The fourth-order valence-corrected chi connectivity index (χ4v) is 2.47. The maximum Gasteiger partial charge on any atom is 0.142 e. The van der Waals surface area contributed by atoms with E-state index in [0.717, 1.165) is 6.42 Å². The first-order chi connectivity index (χ1) is 7.97. The Kier molecular flexibility index (Phi) is 5.44. The first kappa shape index (κ1) is 14.5. The Hall–Kier alpha value is -0.570. The maximum absolute atomic E-state index is 13.4. The van der Waals surface area contributed by atoms with Gasteiger partial charge in [0, 0.05) is 22.7 Å². The molecule has 17 heavy (non-hydrogen) atoms. The third-order valence-electron chi connectivity index (χ3n) is 2.57. The third kappa shape index (κ3) is 3.70. The van der Waals surface area contributed by atoms with Crippen LogP contribution in [0.15, 0.2) is 24.8 Å². The van der Waals surface area contributed by atoms with Crippen molar-refractivity contribution in [2.75, 3.05) is 0 Å². The minimum absolute atomic E-state index is 0.0864. The average molecular weight is 276 g/mol. The molecule has 2 atom stereocenters. The van der Waals surface area contributed by atoms with Crippen LogP contribution in [-0.4, -0.2) is 6.04 Å². The van der Waals surface area contributed by atoms with Crippen LogP contribution in [0, 0.1) is 5.82 Å². The Balaban J connectivity index is 2.92. The van der Waals surface area contributed by atoms with Crippen LogP contribution in [0.2, 0.25) is 10.0 Å². The van der Waals surface area contributed by atoms with Crippen molar-refractivity contribution in [1.29, 1.82) is 0 Å². The number of hydrogen-bond acceptors (Lipinski definition) is 1. The van der Waals surface area contributed by atoms with Gasteiger partial charge in [-0.2, -0.15) is 0 Å². The Morgan fingerprint density at radius 1 is 1.41 bits per heavy atom. The van der Waals surface area contributed by atoms with Crippen LogP contribution in [0.3, 0.4) is 0 Å². The van der Waals surface area contributed by atoms with Crippen LogP contribution in [0.4, 0.5) is 4.39 Å². The van der Waals surface area contributed by atoms with E-state index in [1.807, 2.05) is 19.9 Å². The minimum atomic E-state index is -0.448. The largest absolute Gasteiger partial charge is 0.307 e. The molecule has 2 unspecified atom stereocenters. The van der Waals surface area contributed by atoms with E-state index in [9.17, 15) is 4.39 Å². The zero-order valence-electron chi connectivity index (χ0n) is 9.93. The lowest BCUT2D eigenvalue weighted by Crippen LogP contribution is -2.28. The van der Waals surface area contributed by atoms with Crippen LogP contribution in [0.5, 0.6) is 0 Å². The first-order valence-corrected chi connectivity index (χ1v) is 6.23. The highest BCUT2D eigenvalue weighted by Gasteiger charge is 2.17. The molecule has 0 fully saturated rings. The lowest BCUT2D eigenvalue weighted by Gasteiger charge is -2.21. The molecular formula is C13H16Cl2FN. The Bertz CT molecular complexity index is 407. The topological polar surface area (TPSA) is 12.0 Å². The molecule has 0 aliphatic rings. The number of halogens is 3. The summed E-state index contributed by atoms with van der Waals surface area (Å²) in [5.74, 6) is -0.448. The lowest BCUT2D eigenvalue weighted by molar-refractivity contribution is 0.480. The lowest BCUT2D eigenvalue weighted by atomic mass is 10.1. The van der Waals surface area contributed by atoms with Gasteiger partial charge in [-0.05, 0) is 32.4 Å². The van der Waals surface area contributed by atoms with Crippen LogP contribution >= 0.6 is 23.2 Å². The average Bonchev–Trinajstić information content (AvgIpc) is 2.24. The van der Waals surface area contributed by atoms with E-state index in [4.69, 9.17) is 23.2 Å². The van der Waals surface area contributed by atoms with Crippen molar-refractivity contribution in [1.82, 2.24) is 5.32 Å². The second-order valence-corrected chi connectivity index (χ2v) is 4.86. The van der Waals surface area contributed by atoms with E-state index >= 15 is 0 Å². The zero-order chi connectivity index (χ0) is 13.0. The van der Waals surface area contributed by atoms with Gasteiger partial charge < -0.3 is 5.32 Å². The van der Waals surface area contributed by atoms with Crippen molar-refractivity contribution in [2.24, 2.45) is 0 Å². The molecule has 0 aliphatic heterocycles. The molecule has 0 saturated heterocycles. The van der Waals surface area contributed by atoms with Gasteiger partial charge in [0.05, 0.1) is 5.02 Å². The van der Waals surface area contributed by atoms with Gasteiger partial charge in [0.25, 0.3) is 0 Å². The van der Waals surface area contributed by atoms with Crippen molar-refractivity contribution in [3.63, 3.8) is 0 Å². The molecule has 0 aliphatic carbocycles. The van der Waals surface area contributed by atoms with E-state index in [2.05, 4.69) is 11.9 Å². The molecule has 4 heteroatoms. The van der Waals surface area contributed by atoms with E-state index in [0.29, 0.717) is 10.6 Å². The standard InChI is InChI=1S/C13H16Cl2FN/c1-4-5-8(2)17-9(3)12-10(14)6-7-11(16)13(12)15/h4,6-9,17H,1,5H2,2-3H3. The van der Waals surface area contributed by atoms with E-state index in [1.165, 1.54) is 12.1 Å². The Morgan fingerprint density at radius 2 is 2.06 bits per heavy atom. The summed E-state index contributed by atoms with van der Waals surface area (Å²) in [6.45, 7) is 7.61. The molecule has 1 nitrogen and oxygen atoms in total. The Labute approximate surface area is 112 Å². The molecule has 0 aromatic heterocycles. The van der Waals surface area contributed by atoms with Crippen LogP contribution in [0.1, 0.15) is 31.9 Å². The van der Waals surface area contributed by atoms with Crippen molar-refractivity contribution < 1.29 is 4.39 Å². The van der Waals surface area contributed by atoms with E-state index in [-0.39, 0.29) is 17.1 Å². The van der Waals surface area contributed by atoms with Gasteiger partial charge >= 0.3 is 0 Å². The van der Waals surface area contributed by atoms with Gasteiger partial charge in [0.2, 0.25) is 0 Å². The van der Waals surface area contributed by atoms with Crippen molar-refractivity contribution in [2.45, 2.75) is 32.4 Å². The molecule has 0 radical (unpaired) electrons. The molecule has 1 aromatic carbocycles. The van der Waals surface area contributed by atoms with Gasteiger partial charge in [0.15, 0.2) is 0 Å². The number of benzene rings is 1. The van der Waals surface area contributed by atoms with Gasteiger partial charge in [-0.25, -0.2) is 4.39 Å². The second-order valence-electron chi connectivity index (χ2n) is 4.07. The predicted octanol–water partition coefficient (Wildman–Crippen LogP) is 4.75. The van der Waals surface area contributed by atoms with E-state index < -0.39 is 5.82 Å². The number of rotatable bonds is 5. The summed E-state index contributed by atoms with van der Waals surface area (Å²) in [6.07, 6.45) is 2.66. The minimum Gasteiger partial charge on any atom is -0.307 e. The van der Waals surface area contributed by atoms with Gasteiger partial charge in [0.1, 0.15) is 5.82 Å². The quantitative estimate of drug-likeness (QED) is 0.604. The molecule has 0 spiro atoms. The van der Waals surface area contributed by atoms with E-state index in [1.54, 1.807) is 0 Å². The zero-order valence-corrected chi connectivity index (χ0v) is 11.4. The summed E-state index contributed by atoms with van der Waals surface area (Å²) in [6, 6.07) is 2.92. The normalized spacial score (nSPS) is 14.4. The fraction of sp³-hybridized carbons (Fsp3) is 0.385. The molecule has 0 bridgehead atoms. The highest BCUT2D eigenvalue weighted by Crippen LogP contribution is 2.32. The summed E-state index contributed by atoms with van der Waals surface area (Å²) < 4.78 is 13.4. The monoisotopic (exact) mass is 275 g/mol. The molecule has 94 valence electrons. The third-order valence-corrected chi connectivity index (χ3v) is 3.28. The van der Waals surface area contributed by atoms with Crippen molar-refractivity contribution >= 4 is 23.2 Å². The maximum atomic E-state index is 13.4. The SMILES string of the molecule is C=CCC(C)NC(C)c1c(Cl)ccc(F)c1Cl. The summed E-state index contributed by atoms with van der Waals surface area (Å²) in [5.41, 5.74) is 0.601. The summed E-state index contributed by atoms with van der Waals surface area (Å²) in [7, 11) is 0. The summed E-state index contributed by atoms with van der Waals surface area (Å²) in [5, 5.41) is 3.86. The molecular weight excluding hydrogens is 260 g/mol. The fourth-order valence-electron chi connectivity index (χ4n) is 1.77. The number of hydrogen-bond donors (Lipinski definition) is 1. The van der Waals surface area contributed by atoms with Crippen LogP contribution in [-0.2, 0) is 0 Å². The van der Waals surface area contributed by atoms with Crippen molar-refractivity contribution in [3.8, 4) is 0 Å².